The molecule has 1 N–H and O–H groups in total. The Bertz CT molecular complexity index is 962. The van der Waals surface area contributed by atoms with Crippen LogP contribution in [-0.2, 0) is 4.79 Å². The number of nitrogens with one attached hydrogen (secondary N) is 1. The zero-order chi connectivity index (χ0) is 20.5. The van der Waals surface area contributed by atoms with Crippen LogP contribution in [0.15, 0.2) is 30.3 Å². The molecule has 2 fully saturated rings. The molecule has 1 saturated carbocycles. The van der Waals surface area contributed by atoms with Crippen molar-refractivity contribution in [1.29, 1.82) is 0 Å². The average molecular weight is 432 g/mol. The third-order valence-electron chi connectivity index (χ3n) is 5.27. The van der Waals surface area contributed by atoms with Gasteiger partial charge >= 0.3 is 0 Å². The molecule has 8 heteroatoms. The van der Waals surface area contributed by atoms with Crippen LogP contribution in [0.25, 0.3) is 0 Å². The minimum atomic E-state index is -0.303. The van der Waals surface area contributed by atoms with Crippen molar-refractivity contribution in [2.45, 2.75) is 19.8 Å². The summed E-state index contributed by atoms with van der Waals surface area (Å²) in [7, 11) is 0. The van der Waals surface area contributed by atoms with E-state index < -0.39 is 0 Å². The zero-order valence-corrected chi connectivity index (χ0v) is 17.7. The smallest absolute Gasteiger partial charge is 0.264 e. The van der Waals surface area contributed by atoms with E-state index in [4.69, 9.17) is 11.6 Å². The lowest BCUT2D eigenvalue weighted by atomic mass is 10.2. The van der Waals surface area contributed by atoms with Crippen LogP contribution in [0, 0.1) is 12.8 Å². The maximum absolute atomic E-state index is 13.0. The van der Waals surface area contributed by atoms with E-state index in [0.717, 1.165) is 18.4 Å². The van der Waals surface area contributed by atoms with Gasteiger partial charge in [-0.3, -0.25) is 14.4 Å². The Morgan fingerprint density at radius 3 is 2.38 bits per heavy atom. The number of benzene rings is 1. The molecule has 29 heavy (non-hydrogen) atoms. The Hall–Kier alpha value is -2.38. The maximum Gasteiger partial charge on any atom is 0.264 e. The van der Waals surface area contributed by atoms with Gasteiger partial charge in [0.1, 0.15) is 0 Å². The van der Waals surface area contributed by atoms with Crippen molar-refractivity contribution in [1.82, 2.24) is 9.80 Å². The molecule has 2 aromatic rings. The van der Waals surface area contributed by atoms with Crippen LogP contribution in [0.3, 0.4) is 0 Å². The van der Waals surface area contributed by atoms with E-state index in [-0.39, 0.29) is 23.6 Å². The molecule has 0 spiro atoms. The van der Waals surface area contributed by atoms with Gasteiger partial charge in [0.25, 0.3) is 11.8 Å². The van der Waals surface area contributed by atoms with E-state index >= 15 is 0 Å². The standard InChI is InChI=1S/C21H22ClN3O3S/c1-13-12-17(23-19(26)15-4-2-3-5-16(15)22)29-18(13)21(28)25-10-8-24(9-11-25)20(27)14-6-7-14/h2-5,12,14H,6-11H2,1H3,(H,23,26). The number of hydrogen-bond acceptors (Lipinski definition) is 4. The molecule has 1 aromatic carbocycles. The molecular formula is C21H22ClN3O3S. The molecule has 0 radical (unpaired) electrons. The van der Waals surface area contributed by atoms with E-state index in [1.54, 1.807) is 35.2 Å². The number of amides is 3. The van der Waals surface area contributed by atoms with Gasteiger partial charge in [-0.05, 0) is 43.5 Å². The van der Waals surface area contributed by atoms with E-state index in [0.29, 0.717) is 46.6 Å². The summed E-state index contributed by atoms with van der Waals surface area (Å²) in [6.07, 6.45) is 1.99. The first-order chi connectivity index (χ1) is 13.9. The van der Waals surface area contributed by atoms with Crippen molar-refractivity contribution in [2.24, 2.45) is 5.92 Å². The molecule has 3 amide bonds. The van der Waals surface area contributed by atoms with Gasteiger partial charge in [-0.2, -0.15) is 0 Å². The largest absolute Gasteiger partial charge is 0.339 e. The van der Waals surface area contributed by atoms with E-state index in [2.05, 4.69) is 5.32 Å². The van der Waals surface area contributed by atoms with Gasteiger partial charge in [-0.25, -0.2) is 0 Å². The number of carbonyl (C=O) groups excluding carboxylic acids is 3. The van der Waals surface area contributed by atoms with Gasteiger partial charge in [-0.1, -0.05) is 23.7 Å². The van der Waals surface area contributed by atoms with Gasteiger partial charge < -0.3 is 15.1 Å². The summed E-state index contributed by atoms with van der Waals surface area (Å²) in [6.45, 7) is 4.11. The molecule has 1 aliphatic heterocycles. The SMILES string of the molecule is Cc1cc(NC(=O)c2ccccc2Cl)sc1C(=O)N1CCN(C(=O)C2CC2)CC1. The number of halogens is 1. The molecule has 152 valence electrons. The highest BCUT2D eigenvalue weighted by Gasteiger charge is 2.35. The summed E-state index contributed by atoms with van der Waals surface area (Å²) in [5, 5.41) is 3.82. The number of anilines is 1. The zero-order valence-electron chi connectivity index (χ0n) is 16.1. The van der Waals surface area contributed by atoms with Gasteiger partial charge in [0.15, 0.2) is 0 Å². The summed E-state index contributed by atoms with van der Waals surface area (Å²) in [5.74, 6) is 0.0855. The van der Waals surface area contributed by atoms with Crippen LogP contribution < -0.4 is 5.32 Å². The molecule has 0 atom stereocenters. The number of nitrogens with zero attached hydrogens (tertiary/aromatic N) is 2. The number of rotatable bonds is 4. The minimum Gasteiger partial charge on any atom is -0.339 e. The van der Waals surface area contributed by atoms with Gasteiger partial charge in [0.2, 0.25) is 5.91 Å². The molecule has 1 aliphatic carbocycles. The summed E-state index contributed by atoms with van der Waals surface area (Å²) in [6, 6.07) is 8.65. The topological polar surface area (TPSA) is 69.7 Å². The molecule has 2 heterocycles. The molecule has 4 rings (SSSR count). The van der Waals surface area contributed by atoms with Crippen LogP contribution in [-0.4, -0.2) is 53.7 Å². The lowest BCUT2D eigenvalue weighted by molar-refractivity contribution is -0.134. The first kappa shape index (κ1) is 19.9. The molecule has 0 bridgehead atoms. The number of hydrogen-bond donors (Lipinski definition) is 1. The summed E-state index contributed by atoms with van der Waals surface area (Å²) < 4.78 is 0. The van der Waals surface area contributed by atoms with E-state index in [9.17, 15) is 14.4 Å². The Morgan fingerprint density at radius 2 is 1.72 bits per heavy atom. The van der Waals surface area contributed by atoms with Crippen LogP contribution in [0.1, 0.15) is 38.4 Å². The molecule has 0 unspecified atom stereocenters. The number of piperazine rings is 1. The van der Waals surface area contributed by atoms with Crippen LogP contribution in [0.5, 0.6) is 0 Å². The number of thiophene rings is 1. The maximum atomic E-state index is 13.0. The number of aryl methyl sites for hydroxylation is 1. The van der Waals surface area contributed by atoms with Gasteiger partial charge in [0, 0.05) is 32.1 Å². The monoisotopic (exact) mass is 431 g/mol. The van der Waals surface area contributed by atoms with Crippen molar-refractivity contribution in [2.75, 3.05) is 31.5 Å². The Kier molecular flexibility index (Phi) is 5.61. The first-order valence-electron chi connectivity index (χ1n) is 9.68. The summed E-state index contributed by atoms with van der Waals surface area (Å²) in [4.78, 5) is 41.9. The fraction of sp³-hybridized carbons (Fsp3) is 0.381. The van der Waals surface area contributed by atoms with E-state index in [1.165, 1.54) is 11.3 Å². The second kappa shape index (κ2) is 8.16. The normalized spacial score (nSPS) is 16.6. The third-order valence-corrected chi connectivity index (χ3v) is 6.74. The van der Waals surface area contributed by atoms with Gasteiger partial charge in [-0.15, -0.1) is 11.3 Å². The van der Waals surface area contributed by atoms with Crippen LogP contribution in [0.2, 0.25) is 5.02 Å². The van der Waals surface area contributed by atoms with Crippen molar-refractivity contribution in [3.8, 4) is 0 Å². The van der Waals surface area contributed by atoms with Crippen molar-refractivity contribution < 1.29 is 14.4 Å². The quantitative estimate of drug-likeness (QED) is 0.803. The molecule has 6 nitrogen and oxygen atoms in total. The van der Waals surface area contributed by atoms with Crippen molar-refractivity contribution >= 4 is 45.7 Å². The molecular weight excluding hydrogens is 410 g/mol. The molecule has 2 aliphatic rings. The lowest BCUT2D eigenvalue weighted by Gasteiger charge is -2.34. The van der Waals surface area contributed by atoms with Crippen molar-refractivity contribution in [3.05, 3.63) is 51.4 Å². The fourth-order valence-electron chi connectivity index (χ4n) is 3.44. The highest BCUT2D eigenvalue weighted by molar-refractivity contribution is 7.18. The first-order valence-corrected chi connectivity index (χ1v) is 10.9. The second-order valence-corrected chi connectivity index (χ2v) is 8.91. The minimum absolute atomic E-state index is 0.0516. The Labute approximate surface area is 178 Å². The van der Waals surface area contributed by atoms with Crippen LogP contribution >= 0.6 is 22.9 Å². The molecule has 1 saturated heterocycles. The Morgan fingerprint density at radius 1 is 1.07 bits per heavy atom. The third kappa shape index (κ3) is 4.31. The highest BCUT2D eigenvalue weighted by atomic mass is 35.5. The summed E-state index contributed by atoms with van der Waals surface area (Å²) in [5.41, 5.74) is 1.22. The molecule has 1 aromatic heterocycles. The van der Waals surface area contributed by atoms with Gasteiger partial charge in [0.05, 0.1) is 20.5 Å². The highest BCUT2D eigenvalue weighted by Crippen LogP contribution is 2.32. The second-order valence-electron chi connectivity index (χ2n) is 7.45. The average Bonchev–Trinajstić information content (AvgIpc) is 3.50. The summed E-state index contributed by atoms with van der Waals surface area (Å²) >= 11 is 7.35. The van der Waals surface area contributed by atoms with E-state index in [1.807, 2.05) is 11.8 Å². The predicted molar refractivity (Wildman–Crippen MR) is 114 cm³/mol. The van der Waals surface area contributed by atoms with Crippen LogP contribution in [0.4, 0.5) is 5.00 Å². The van der Waals surface area contributed by atoms with Crippen molar-refractivity contribution in [3.63, 3.8) is 0 Å². The number of carbonyl (C=O) groups is 3. The Balaban J connectivity index is 1.40. The lowest BCUT2D eigenvalue weighted by Crippen LogP contribution is -2.51. The fourth-order valence-corrected chi connectivity index (χ4v) is 4.70. The predicted octanol–water partition coefficient (Wildman–Crippen LogP) is 3.66.